The second kappa shape index (κ2) is 6.38. The molecule has 1 aliphatic rings. The minimum absolute atomic E-state index is 0.273. The molecule has 0 radical (unpaired) electrons. The van der Waals surface area contributed by atoms with E-state index in [1.165, 1.54) is 0 Å². The van der Waals surface area contributed by atoms with Gasteiger partial charge in [0.1, 0.15) is 0 Å². The molecule has 1 N–H and O–H groups in total. The molecule has 0 aliphatic carbocycles. The van der Waals surface area contributed by atoms with E-state index in [0.717, 1.165) is 25.0 Å². The van der Waals surface area contributed by atoms with Crippen LogP contribution in [0.5, 0.6) is 0 Å². The Labute approximate surface area is 97.0 Å². The predicted octanol–water partition coefficient (Wildman–Crippen LogP) is 1.69. The Morgan fingerprint density at radius 2 is 2.33 bits per heavy atom. The number of carbonyl (C=O) groups is 1. The Kier molecular flexibility index (Phi) is 5.47. The lowest BCUT2D eigenvalue weighted by Crippen LogP contribution is -2.45. The van der Waals surface area contributed by atoms with Crippen molar-refractivity contribution in [3.8, 4) is 0 Å². The molecule has 0 bridgehead atoms. The Morgan fingerprint density at radius 1 is 1.60 bits per heavy atom. The summed E-state index contributed by atoms with van der Waals surface area (Å²) in [5, 5.41) is 3.30. The molecule has 1 fully saturated rings. The molecule has 15 heavy (non-hydrogen) atoms. The highest BCUT2D eigenvalue weighted by Crippen LogP contribution is 2.19. The maximum atomic E-state index is 11.8. The number of amides is 1. The Balaban J connectivity index is 2.64. The van der Waals surface area contributed by atoms with Crippen LogP contribution in [0.3, 0.4) is 0 Å². The largest absolute Gasteiger partial charge is 0.322 e. The summed E-state index contributed by atoms with van der Waals surface area (Å²) in [5.41, 5.74) is 0. The lowest BCUT2D eigenvalue weighted by molar-refractivity contribution is -0.129. The molecule has 88 valence electrons. The third-order valence-electron chi connectivity index (χ3n) is 2.90. The zero-order valence-electron chi connectivity index (χ0n) is 9.95. The van der Waals surface area contributed by atoms with Crippen molar-refractivity contribution in [3.05, 3.63) is 0 Å². The smallest absolute Gasteiger partial charge is 0.238 e. The molecule has 0 spiro atoms. The Hall–Kier alpha value is -0.220. The highest BCUT2D eigenvalue weighted by molar-refractivity contribution is 7.98. The molecule has 2 atom stereocenters. The molecule has 0 aromatic heterocycles. The summed E-state index contributed by atoms with van der Waals surface area (Å²) in [6.07, 6.45) is 5.62. The zero-order valence-corrected chi connectivity index (χ0v) is 10.8. The Bertz CT molecular complexity index is 211. The van der Waals surface area contributed by atoms with E-state index in [-0.39, 0.29) is 12.1 Å². The number of carbonyl (C=O) groups excluding carboxylic acids is 1. The maximum absolute atomic E-state index is 11.8. The first kappa shape index (κ1) is 12.8. The van der Waals surface area contributed by atoms with Gasteiger partial charge in [-0.05, 0) is 19.1 Å². The molecule has 1 amide bonds. The fourth-order valence-electron chi connectivity index (χ4n) is 2.13. The van der Waals surface area contributed by atoms with Crippen molar-refractivity contribution in [3.63, 3.8) is 0 Å². The van der Waals surface area contributed by atoms with Gasteiger partial charge in [0, 0.05) is 11.8 Å². The maximum Gasteiger partial charge on any atom is 0.238 e. The molecule has 0 saturated carbocycles. The Morgan fingerprint density at radius 3 is 2.87 bits per heavy atom. The van der Waals surface area contributed by atoms with Crippen molar-refractivity contribution in [2.75, 3.05) is 18.6 Å². The van der Waals surface area contributed by atoms with Gasteiger partial charge in [-0.1, -0.05) is 20.3 Å². The van der Waals surface area contributed by atoms with Crippen LogP contribution < -0.4 is 5.32 Å². The third-order valence-corrected chi connectivity index (χ3v) is 3.62. The molecule has 1 aliphatic heterocycles. The minimum atomic E-state index is 0.273. The fraction of sp³-hybridized carbons (Fsp3) is 0.909. The first-order valence-electron chi connectivity index (χ1n) is 5.78. The lowest BCUT2D eigenvalue weighted by Gasteiger charge is -2.31. The van der Waals surface area contributed by atoms with Crippen LogP contribution in [-0.4, -0.2) is 41.6 Å². The molecule has 3 nitrogen and oxygen atoms in total. The van der Waals surface area contributed by atoms with Crippen LogP contribution >= 0.6 is 11.8 Å². The summed E-state index contributed by atoms with van der Waals surface area (Å²) in [4.78, 5) is 13.9. The molecule has 1 rings (SSSR count). The van der Waals surface area contributed by atoms with E-state index in [4.69, 9.17) is 0 Å². The standard InChI is InChI=1S/C11H22N2OS/c1-4-6-10-12-7-11(14)13(10)9(5-2)8-15-3/h9-10,12H,4-8H2,1-3H3. The van der Waals surface area contributed by atoms with E-state index in [1.54, 1.807) is 0 Å². The SMILES string of the molecule is CCCC1NCC(=O)N1C(CC)CSC. The van der Waals surface area contributed by atoms with E-state index >= 15 is 0 Å². The molecular weight excluding hydrogens is 208 g/mol. The number of rotatable bonds is 6. The van der Waals surface area contributed by atoms with Crippen LogP contribution in [0.4, 0.5) is 0 Å². The van der Waals surface area contributed by atoms with E-state index in [1.807, 2.05) is 11.8 Å². The molecule has 0 aromatic rings. The van der Waals surface area contributed by atoms with Gasteiger partial charge in [-0.15, -0.1) is 0 Å². The summed E-state index contributed by atoms with van der Waals surface area (Å²) in [7, 11) is 0. The highest BCUT2D eigenvalue weighted by Gasteiger charge is 2.33. The van der Waals surface area contributed by atoms with Crippen LogP contribution in [0, 0.1) is 0 Å². The number of hydrogen-bond acceptors (Lipinski definition) is 3. The van der Waals surface area contributed by atoms with Gasteiger partial charge in [0.25, 0.3) is 0 Å². The molecule has 0 aromatic carbocycles. The molecule has 2 unspecified atom stereocenters. The number of hydrogen-bond donors (Lipinski definition) is 1. The average molecular weight is 230 g/mol. The van der Waals surface area contributed by atoms with E-state index in [2.05, 4.69) is 30.3 Å². The van der Waals surface area contributed by atoms with Gasteiger partial charge in [0.15, 0.2) is 0 Å². The first-order valence-corrected chi connectivity index (χ1v) is 7.17. The van der Waals surface area contributed by atoms with Gasteiger partial charge in [-0.2, -0.15) is 11.8 Å². The second-order valence-electron chi connectivity index (χ2n) is 4.00. The van der Waals surface area contributed by atoms with Gasteiger partial charge in [0.2, 0.25) is 5.91 Å². The molecular formula is C11H22N2OS. The highest BCUT2D eigenvalue weighted by atomic mass is 32.2. The molecule has 1 saturated heterocycles. The van der Waals surface area contributed by atoms with Crippen LogP contribution in [0.15, 0.2) is 0 Å². The van der Waals surface area contributed by atoms with Crippen LogP contribution in [0.1, 0.15) is 33.1 Å². The number of nitrogens with one attached hydrogen (secondary N) is 1. The topological polar surface area (TPSA) is 32.3 Å². The monoisotopic (exact) mass is 230 g/mol. The van der Waals surface area contributed by atoms with E-state index in [9.17, 15) is 4.79 Å². The normalized spacial score (nSPS) is 23.5. The summed E-state index contributed by atoms with van der Waals surface area (Å²) < 4.78 is 0. The minimum Gasteiger partial charge on any atom is -0.322 e. The van der Waals surface area contributed by atoms with Gasteiger partial charge in [-0.25, -0.2) is 0 Å². The van der Waals surface area contributed by atoms with Crippen molar-refractivity contribution in [1.82, 2.24) is 10.2 Å². The van der Waals surface area contributed by atoms with Crippen LogP contribution in [0.2, 0.25) is 0 Å². The van der Waals surface area contributed by atoms with Crippen molar-refractivity contribution in [1.29, 1.82) is 0 Å². The third kappa shape index (κ3) is 3.11. The predicted molar refractivity (Wildman–Crippen MR) is 66.0 cm³/mol. The average Bonchev–Trinajstić information content (AvgIpc) is 2.58. The quantitative estimate of drug-likeness (QED) is 0.753. The molecule has 1 heterocycles. The zero-order chi connectivity index (χ0) is 11.3. The van der Waals surface area contributed by atoms with E-state index in [0.29, 0.717) is 12.6 Å². The fourth-order valence-corrected chi connectivity index (χ4v) is 2.91. The van der Waals surface area contributed by atoms with Gasteiger partial charge >= 0.3 is 0 Å². The molecule has 4 heteroatoms. The van der Waals surface area contributed by atoms with Gasteiger partial charge in [0.05, 0.1) is 12.7 Å². The first-order chi connectivity index (χ1) is 7.24. The van der Waals surface area contributed by atoms with Crippen molar-refractivity contribution < 1.29 is 4.79 Å². The van der Waals surface area contributed by atoms with Gasteiger partial charge < -0.3 is 4.90 Å². The lowest BCUT2D eigenvalue weighted by atomic mass is 10.2. The van der Waals surface area contributed by atoms with Crippen LogP contribution in [0.25, 0.3) is 0 Å². The van der Waals surface area contributed by atoms with Crippen molar-refractivity contribution in [2.24, 2.45) is 0 Å². The van der Waals surface area contributed by atoms with Crippen LogP contribution in [-0.2, 0) is 4.79 Å². The van der Waals surface area contributed by atoms with Crippen molar-refractivity contribution >= 4 is 17.7 Å². The number of nitrogens with zero attached hydrogens (tertiary/aromatic N) is 1. The summed E-state index contributed by atoms with van der Waals surface area (Å²) in [5.74, 6) is 1.32. The second-order valence-corrected chi connectivity index (χ2v) is 4.91. The van der Waals surface area contributed by atoms with E-state index < -0.39 is 0 Å². The summed E-state index contributed by atoms with van der Waals surface area (Å²) >= 11 is 1.82. The van der Waals surface area contributed by atoms with Gasteiger partial charge in [-0.3, -0.25) is 10.1 Å². The number of thioether (sulfide) groups is 1. The van der Waals surface area contributed by atoms with Crippen molar-refractivity contribution in [2.45, 2.75) is 45.3 Å². The summed E-state index contributed by atoms with van der Waals surface area (Å²) in [6.45, 7) is 4.85. The summed E-state index contributed by atoms with van der Waals surface area (Å²) in [6, 6.07) is 0.402.